The summed E-state index contributed by atoms with van der Waals surface area (Å²) in [4.78, 5) is 10.3. The molecule has 0 unspecified atom stereocenters. The highest BCUT2D eigenvalue weighted by Gasteiger charge is 2.14. The molecule has 2 aromatic rings. The molecule has 5 nitrogen and oxygen atoms in total. The smallest absolute Gasteiger partial charge is 0.311 e. The second kappa shape index (κ2) is 6.69. The third-order valence-electron chi connectivity index (χ3n) is 3.03. The van der Waals surface area contributed by atoms with Crippen molar-refractivity contribution in [1.82, 2.24) is 0 Å². The van der Waals surface area contributed by atoms with E-state index in [9.17, 15) is 14.5 Å². The molecule has 0 saturated carbocycles. The van der Waals surface area contributed by atoms with Crippen LogP contribution in [0.15, 0.2) is 42.5 Å². The lowest BCUT2D eigenvalue weighted by molar-refractivity contribution is -0.385. The van der Waals surface area contributed by atoms with Gasteiger partial charge in [0.1, 0.15) is 5.82 Å². The van der Waals surface area contributed by atoms with Crippen LogP contribution in [0.2, 0.25) is 0 Å². The van der Waals surface area contributed by atoms with Crippen molar-refractivity contribution in [3.8, 4) is 5.75 Å². The maximum absolute atomic E-state index is 12.8. The molecule has 110 valence electrons. The first-order valence-corrected chi connectivity index (χ1v) is 6.41. The molecule has 0 aliphatic rings. The van der Waals surface area contributed by atoms with Crippen molar-refractivity contribution in [2.24, 2.45) is 0 Å². The predicted octanol–water partition coefficient (Wildman–Crippen LogP) is 3.40. The lowest BCUT2D eigenvalue weighted by Gasteiger charge is -2.08. The van der Waals surface area contributed by atoms with E-state index in [0.29, 0.717) is 6.54 Å². The van der Waals surface area contributed by atoms with Gasteiger partial charge >= 0.3 is 5.69 Å². The van der Waals surface area contributed by atoms with E-state index in [4.69, 9.17) is 4.74 Å². The Morgan fingerprint density at radius 2 is 1.95 bits per heavy atom. The first-order valence-electron chi connectivity index (χ1n) is 6.41. The van der Waals surface area contributed by atoms with Crippen molar-refractivity contribution in [1.29, 1.82) is 0 Å². The highest BCUT2D eigenvalue weighted by atomic mass is 19.1. The molecule has 1 N–H and O–H groups in total. The normalized spacial score (nSPS) is 10.2. The van der Waals surface area contributed by atoms with Gasteiger partial charge < -0.3 is 10.1 Å². The van der Waals surface area contributed by atoms with E-state index >= 15 is 0 Å². The van der Waals surface area contributed by atoms with Gasteiger partial charge in [-0.1, -0.05) is 12.1 Å². The van der Waals surface area contributed by atoms with Gasteiger partial charge in [-0.05, 0) is 30.2 Å². The number of nitrogens with one attached hydrogen (secondary N) is 1. The van der Waals surface area contributed by atoms with Crippen molar-refractivity contribution in [3.63, 3.8) is 0 Å². The quantitative estimate of drug-likeness (QED) is 0.654. The molecule has 0 atom stereocenters. The molecule has 0 heterocycles. The number of hydrogen-bond acceptors (Lipinski definition) is 4. The van der Waals surface area contributed by atoms with Gasteiger partial charge in [-0.2, -0.15) is 0 Å². The van der Waals surface area contributed by atoms with Gasteiger partial charge in [-0.15, -0.1) is 0 Å². The lowest BCUT2D eigenvalue weighted by atomic mass is 10.1. The fraction of sp³-hybridized carbons (Fsp3) is 0.200. The van der Waals surface area contributed by atoms with Crippen LogP contribution in [0.3, 0.4) is 0 Å². The number of anilines is 1. The molecule has 0 bridgehead atoms. The highest BCUT2D eigenvalue weighted by Crippen LogP contribution is 2.29. The number of methoxy groups -OCH3 is 1. The van der Waals surface area contributed by atoms with E-state index in [1.54, 1.807) is 24.3 Å². The van der Waals surface area contributed by atoms with Gasteiger partial charge in [0, 0.05) is 24.4 Å². The average molecular weight is 290 g/mol. The number of rotatable bonds is 6. The van der Waals surface area contributed by atoms with Crippen LogP contribution in [0, 0.1) is 15.9 Å². The first kappa shape index (κ1) is 14.8. The van der Waals surface area contributed by atoms with Crippen LogP contribution in [0.4, 0.5) is 15.8 Å². The Morgan fingerprint density at radius 3 is 2.57 bits per heavy atom. The summed E-state index contributed by atoms with van der Waals surface area (Å²) in [7, 11) is 1.39. The monoisotopic (exact) mass is 290 g/mol. The summed E-state index contributed by atoms with van der Waals surface area (Å²) in [6.07, 6.45) is 0.722. The number of benzene rings is 2. The standard InChI is InChI=1S/C15H15FN2O3/c1-21-15-10-13(6-7-14(15)18(19)20)17-9-8-11-2-4-12(16)5-3-11/h2-7,10,17H,8-9H2,1H3. The Labute approximate surface area is 121 Å². The summed E-state index contributed by atoms with van der Waals surface area (Å²) in [5.74, 6) is -0.0430. The maximum Gasteiger partial charge on any atom is 0.311 e. The van der Waals surface area contributed by atoms with Crippen LogP contribution in [0.25, 0.3) is 0 Å². The average Bonchev–Trinajstić information content (AvgIpc) is 2.49. The van der Waals surface area contributed by atoms with Crippen molar-refractivity contribution in [2.75, 3.05) is 19.0 Å². The molecular weight excluding hydrogens is 275 g/mol. The van der Waals surface area contributed by atoms with Crippen LogP contribution in [-0.4, -0.2) is 18.6 Å². The zero-order valence-electron chi connectivity index (χ0n) is 11.5. The number of nitro groups is 1. The molecule has 0 radical (unpaired) electrons. The van der Waals surface area contributed by atoms with E-state index in [0.717, 1.165) is 17.7 Å². The van der Waals surface area contributed by atoms with Gasteiger partial charge in [0.05, 0.1) is 12.0 Å². The Balaban J connectivity index is 1.97. The lowest BCUT2D eigenvalue weighted by Crippen LogP contribution is -2.05. The van der Waals surface area contributed by atoms with Crippen molar-refractivity contribution >= 4 is 11.4 Å². The molecule has 0 amide bonds. The molecule has 0 saturated heterocycles. The summed E-state index contributed by atoms with van der Waals surface area (Å²) in [6, 6.07) is 10.9. The van der Waals surface area contributed by atoms with Crippen LogP contribution >= 0.6 is 0 Å². The molecule has 0 fully saturated rings. The summed E-state index contributed by atoms with van der Waals surface area (Å²) < 4.78 is 17.8. The number of hydrogen-bond donors (Lipinski definition) is 1. The first-order chi connectivity index (χ1) is 10.1. The summed E-state index contributed by atoms with van der Waals surface area (Å²) >= 11 is 0. The Bertz CT molecular complexity index is 629. The molecule has 0 aromatic heterocycles. The predicted molar refractivity (Wildman–Crippen MR) is 78.2 cm³/mol. The van der Waals surface area contributed by atoms with Gasteiger partial charge in [-0.25, -0.2) is 4.39 Å². The Morgan fingerprint density at radius 1 is 1.24 bits per heavy atom. The molecule has 6 heteroatoms. The molecule has 2 rings (SSSR count). The molecule has 0 aliphatic carbocycles. The zero-order valence-corrected chi connectivity index (χ0v) is 11.5. The van der Waals surface area contributed by atoms with Gasteiger partial charge in [0.25, 0.3) is 0 Å². The minimum absolute atomic E-state index is 0.0680. The van der Waals surface area contributed by atoms with Crippen molar-refractivity contribution in [3.05, 3.63) is 64.0 Å². The second-order valence-electron chi connectivity index (χ2n) is 4.45. The van der Waals surface area contributed by atoms with E-state index in [1.807, 2.05) is 0 Å². The summed E-state index contributed by atoms with van der Waals surface area (Å²) in [5.41, 5.74) is 1.68. The molecular formula is C15H15FN2O3. The van der Waals surface area contributed by atoms with Crippen LogP contribution < -0.4 is 10.1 Å². The fourth-order valence-corrected chi connectivity index (χ4v) is 1.94. The number of halogens is 1. The van der Waals surface area contributed by atoms with Gasteiger partial charge in [-0.3, -0.25) is 10.1 Å². The third kappa shape index (κ3) is 3.92. The SMILES string of the molecule is COc1cc(NCCc2ccc(F)cc2)ccc1[N+](=O)[O-]. The van der Waals surface area contributed by atoms with E-state index in [-0.39, 0.29) is 17.3 Å². The number of nitro benzene ring substituents is 1. The second-order valence-corrected chi connectivity index (χ2v) is 4.45. The van der Waals surface area contributed by atoms with Crippen LogP contribution in [-0.2, 0) is 6.42 Å². The van der Waals surface area contributed by atoms with Crippen LogP contribution in [0.1, 0.15) is 5.56 Å². The highest BCUT2D eigenvalue weighted by molar-refractivity contribution is 5.58. The molecule has 0 spiro atoms. The Kier molecular flexibility index (Phi) is 4.71. The third-order valence-corrected chi connectivity index (χ3v) is 3.03. The van der Waals surface area contributed by atoms with E-state index < -0.39 is 4.92 Å². The fourth-order valence-electron chi connectivity index (χ4n) is 1.94. The van der Waals surface area contributed by atoms with Crippen molar-refractivity contribution < 1.29 is 14.1 Å². The van der Waals surface area contributed by atoms with Gasteiger partial charge in [0.15, 0.2) is 5.75 Å². The van der Waals surface area contributed by atoms with Crippen LogP contribution in [0.5, 0.6) is 5.75 Å². The van der Waals surface area contributed by atoms with Crippen molar-refractivity contribution in [2.45, 2.75) is 6.42 Å². The largest absolute Gasteiger partial charge is 0.490 e. The summed E-state index contributed by atoms with van der Waals surface area (Å²) in [5, 5.41) is 13.9. The number of nitrogens with zero attached hydrogens (tertiary/aromatic N) is 1. The van der Waals surface area contributed by atoms with E-state index in [1.165, 1.54) is 25.3 Å². The molecule has 21 heavy (non-hydrogen) atoms. The van der Waals surface area contributed by atoms with E-state index in [2.05, 4.69) is 5.32 Å². The maximum atomic E-state index is 12.8. The zero-order chi connectivity index (χ0) is 15.2. The minimum Gasteiger partial charge on any atom is -0.490 e. The Hall–Kier alpha value is -2.63. The topological polar surface area (TPSA) is 64.4 Å². The van der Waals surface area contributed by atoms with Gasteiger partial charge in [0.2, 0.25) is 0 Å². The molecule has 0 aliphatic heterocycles. The summed E-state index contributed by atoms with van der Waals surface area (Å²) in [6.45, 7) is 0.632. The number of ether oxygens (including phenoxy) is 1. The minimum atomic E-state index is -0.485. The molecule has 2 aromatic carbocycles.